The van der Waals surface area contributed by atoms with E-state index < -0.39 is 20.9 Å². The van der Waals surface area contributed by atoms with Gasteiger partial charge in [-0.15, -0.1) is 0 Å². The monoisotopic (exact) mass is 236 g/mol. The van der Waals surface area contributed by atoms with Crippen LogP contribution in [0.5, 0.6) is 0 Å². The molecule has 0 aliphatic carbocycles. The Morgan fingerprint density at radius 3 is 2.40 bits per heavy atom. The molecular formula is C9H16O5S. The summed E-state index contributed by atoms with van der Waals surface area (Å²) in [6, 6.07) is 0. The lowest BCUT2D eigenvalue weighted by atomic mass is 9.69. The summed E-state index contributed by atoms with van der Waals surface area (Å²) >= 11 is 0. The van der Waals surface area contributed by atoms with E-state index in [2.05, 4.69) is 0 Å². The predicted molar refractivity (Wildman–Crippen MR) is 53.2 cm³/mol. The van der Waals surface area contributed by atoms with Crippen LogP contribution >= 0.6 is 0 Å². The second kappa shape index (κ2) is 3.41. The number of aliphatic hydroxyl groups excluding tert-OH is 1. The summed E-state index contributed by atoms with van der Waals surface area (Å²) in [6.07, 6.45) is 1.05. The molecule has 5 nitrogen and oxygen atoms in total. The molecular weight excluding hydrogens is 220 g/mol. The fourth-order valence-corrected chi connectivity index (χ4v) is 4.51. The van der Waals surface area contributed by atoms with Crippen molar-refractivity contribution in [2.24, 2.45) is 5.41 Å². The van der Waals surface area contributed by atoms with E-state index in [9.17, 15) is 18.6 Å². The Kier molecular flexibility index (Phi) is 2.57. The molecule has 0 aromatic rings. The summed E-state index contributed by atoms with van der Waals surface area (Å²) < 4.78 is 28.0. The fraction of sp³-hybridized carbons (Fsp3) is 1.00. The normalized spacial score (nSPS) is 38.3. The van der Waals surface area contributed by atoms with E-state index in [1.165, 1.54) is 0 Å². The van der Waals surface area contributed by atoms with Gasteiger partial charge in [0.05, 0.1) is 31.3 Å². The summed E-state index contributed by atoms with van der Waals surface area (Å²) in [4.78, 5) is 0. The van der Waals surface area contributed by atoms with Crippen LogP contribution in [0.4, 0.5) is 0 Å². The lowest BCUT2D eigenvalue weighted by Gasteiger charge is -2.52. The number of hydrogen-bond donors (Lipinski definition) is 2. The van der Waals surface area contributed by atoms with Crippen LogP contribution in [-0.2, 0) is 14.6 Å². The van der Waals surface area contributed by atoms with Gasteiger partial charge in [-0.05, 0) is 12.8 Å². The largest absolute Gasteiger partial charge is 0.396 e. The van der Waals surface area contributed by atoms with Crippen molar-refractivity contribution in [3.63, 3.8) is 0 Å². The minimum Gasteiger partial charge on any atom is -0.396 e. The van der Waals surface area contributed by atoms with Gasteiger partial charge >= 0.3 is 0 Å². The Bertz CT molecular complexity index is 346. The van der Waals surface area contributed by atoms with Gasteiger partial charge in [-0.25, -0.2) is 8.42 Å². The van der Waals surface area contributed by atoms with Crippen molar-refractivity contribution < 1.29 is 23.4 Å². The van der Waals surface area contributed by atoms with E-state index in [-0.39, 0.29) is 31.3 Å². The van der Waals surface area contributed by atoms with E-state index in [1.807, 2.05) is 0 Å². The second-order valence-corrected chi connectivity index (χ2v) is 6.84. The zero-order valence-corrected chi connectivity index (χ0v) is 9.29. The first-order valence-corrected chi connectivity index (χ1v) is 6.87. The SMILES string of the molecule is O=S1(=O)CCCC(CO)(C2(O)COC2)C1. The topological polar surface area (TPSA) is 83.8 Å². The van der Waals surface area contributed by atoms with Gasteiger partial charge in [0, 0.05) is 5.41 Å². The van der Waals surface area contributed by atoms with Crippen molar-refractivity contribution in [3.05, 3.63) is 0 Å². The molecule has 2 aliphatic heterocycles. The van der Waals surface area contributed by atoms with Crippen LogP contribution in [0.1, 0.15) is 12.8 Å². The summed E-state index contributed by atoms with van der Waals surface area (Å²) in [6.45, 7) is -0.0434. The van der Waals surface area contributed by atoms with Crippen LogP contribution < -0.4 is 0 Å². The smallest absolute Gasteiger partial charge is 0.151 e. The quantitative estimate of drug-likeness (QED) is 0.638. The average Bonchev–Trinajstić information content (AvgIpc) is 2.12. The van der Waals surface area contributed by atoms with Crippen molar-refractivity contribution in [2.75, 3.05) is 31.3 Å². The van der Waals surface area contributed by atoms with Crippen LogP contribution in [0.2, 0.25) is 0 Å². The number of ether oxygens (including phenoxy) is 1. The highest BCUT2D eigenvalue weighted by molar-refractivity contribution is 7.91. The molecule has 6 heteroatoms. The molecule has 2 saturated heterocycles. The molecule has 1 atom stereocenters. The fourth-order valence-electron chi connectivity index (χ4n) is 2.44. The highest BCUT2D eigenvalue weighted by Crippen LogP contribution is 2.44. The van der Waals surface area contributed by atoms with Crippen LogP contribution in [0, 0.1) is 5.41 Å². The molecule has 2 fully saturated rings. The molecule has 0 aromatic heterocycles. The van der Waals surface area contributed by atoms with E-state index in [0.29, 0.717) is 12.8 Å². The molecule has 0 amide bonds. The first-order chi connectivity index (χ1) is 6.93. The van der Waals surface area contributed by atoms with Crippen LogP contribution in [0.15, 0.2) is 0 Å². The molecule has 1 unspecified atom stereocenters. The molecule has 88 valence electrons. The Labute approximate surface area is 89.0 Å². The van der Waals surface area contributed by atoms with Gasteiger partial charge in [0.25, 0.3) is 0 Å². The summed E-state index contributed by atoms with van der Waals surface area (Å²) in [5, 5.41) is 19.6. The van der Waals surface area contributed by atoms with Gasteiger partial charge in [0.15, 0.2) is 9.84 Å². The molecule has 15 heavy (non-hydrogen) atoms. The van der Waals surface area contributed by atoms with Crippen LogP contribution in [0.25, 0.3) is 0 Å². The van der Waals surface area contributed by atoms with Crippen molar-refractivity contribution in [1.82, 2.24) is 0 Å². The lowest BCUT2D eigenvalue weighted by molar-refractivity contribution is -0.246. The second-order valence-electron chi connectivity index (χ2n) is 4.66. The molecule has 0 saturated carbocycles. The summed E-state index contributed by atoms with van der Waals surface area (Å²) in [7, 11) is -3.14. The van der Waals surface area contributed by atoms with E-state index in [4.69, 9.17) is 4.74 Å². The Balaban J connectivity index is 2.28. The van der Waals surface area contributed by atoms with E-state index in [0.717, 1.165) is 0 Å². The number of sulfone groups is 1. The molecule has 2 aliphatic rings. The maximum absolute atomic E-state index is 11.5. The minimum absolute atomic E-state index is 0.128. The molecule has 0 aromatic carbocycles. The Morgan fingerprint density at radius 2 is 2.00 bits per heavy atom. The van der Waals surface area contributed by atoms with Gasteiger partial charge in [-0.2, -0.15) is 0 Å². The molecule has 2 heterocycles. The third-order valence-electron chi connectivity index (χ3n) is 3.58. The highest BCUT2D eigenvalue weighted by Gasteiger charge is 2.57. The molecule has 0 spiro atoms. The Hall–Kier alpha value is -0.170. The lowest BCUT2D eigenvalue weighted by Crippen LogP contribution is -2.66. The first-order valence-electron chi connectivity index (χ1n) is 5.05. The van der Waals surface area contributed by atoms with Gasteiger partial charge < -0.3 is 14.9 Å². The average molecular weight is 236 g/mol. The maximum atomic E-state index is 11.5. The minimum atomic E-state index is -3.14. The Morgan fingerprint density at radius 1 is 1.33 bits per heavy atom. The molecule has 2 rings (SSSR count). The van der Waals surface area contributed by atoms with E-state index >= 15 is 0 Å². The van der Waals surface area contributed by atoms with Gasteiger partial charge in [0.2, 0.25) is 0 Å². The summed E-state index contributed by atoms with van der Waals surface area (Å²) in [5.41, 5.74) is -2.07. The highest BCUT2D eigenvalue weighted by atomic mass is 32.2. The van der Waals surface area contributed by atoms with Gasteiger partial charge in [-0.3, -0.25) is 0 Å². The van der Waals surface area contributed by atoms with Crippen molar-refractivity contribution >= 4 is 9.84 Å². The van der Waals surface area contributed by atoms with Crippen LogP contribution in [0.3, 0.4) is 0 Å². The predicted octanol–water partition coefficient (Wildman–Crippen LogP) is -1.07. The zero-order chi connectivity index (χ0) is 11.2. The van der Waals surface area contributed by atoms with Gasteiger partial charge in [-0.1, -0.05) is 0 Å². The zero-order valence-electron chi connectivity index (χ0n) is 8.48. The number of hydrogen-bond acceptors (Lipinski definition) is 5. The number of aliphatic hydroxyl groups is 2. The third-order valence-corrected chi connectivity index (χ3v) is 5.48. The summed E-state index contributed by atoms with van der Waals surface area (Å²) in [5.74, 6) is 0.0298. The van der Waals surface area contributed by atoms with Crippen molar-refractivity contribution in [1.29, 1.82) is 0 Å². The molecule has 0 radical (unpaired) electrons. The molecule has 2 N–H and O–H groups in total. The van der Waals surface area contributed by atoms with Crippen molar-refractivity contribution in [3.8, 4) is 0 Å². The van der Waals surface area contributed by atoms with Crippen molar-refractivity contribution in [2.45, 2.75) is 18.4 Å². The van der Waals surface area contributed by atoms with Gasteiger partial charge in [0.1, 0.15) is 5.60 Å². The number of rotatable bonds is 2. The first kappa shape index (κ1) is 11.3. The maximum Gasteiger partial charge on any atom is 0.151 e. The van der Waals surface area contributed by atoms with Crippen LogP contribution in [-0.4, -0.2) is 55.6 Å². The standard InChI is InChI=1S/C9H16O5S/c10-4-8(9(11)5-14-6-9)2-1-3-15(12,13)7-8/h10-11H,1-7H2. The molecule has 0 bridgehead atoms. The third kappa shape index (κ3) is 1.69. The van der Waals surface area contributed by atoms with E-state index in [1.54, 1.807) is 0 Å².